The van der Waals surface area contributed by atoms with Crippen molar-refractivity contribution in [1.29, 1.82) is 0 Å². The number of methoxy groups -OCH3 is 1. The van der Waals surface area contributed by atoms with Crippen LogP contribution in [0, 0.1) is 11.8 Å². The molecule has 5 heteroatoms. The normalized spacial score (nSPS) is 12.3. The zero-order valence-electron chi connectivity index (χ0n) is 13.0. The zero-order valence-corrected chi connectivity index (χ0v) is 13.7. The highest BCUT2D eigenvalue weighted by Crippen LogP contribution is 2.27. The third-order valence-corrected chi connectivity index (χ3v) is 3.95. The molecule has 3 N–H and O–H groups in total. The number of carbonyl (C=O) groups excluding carboxylic acids is 1. The largest absolute Gasteiger partial charge is 0.495 e. The van der Waals surface area contributed by atoms with E-state index < -0.39 is 0 Å². The van der Waals surface area contributed by atoms with E-state index in [1.807, 2.05) is 0 Å². The third kappa shape index (κ3) is 5.94. The van der Waals surface area contributed by atoms with Crippen molar-refractivity contribution in [3.8, 4) is 5.75 Å². The van der Waals surface area contributed by atoms with Crippen LogP contribution in [0.3, 0.4) is 0 Å². The van der Waals surface area contributed by atoms with Crippen LogP contribution in [0.2, 0.25) is 5.02 Å². The predicted molar refractivity (Wildman–Crippen MR) is 87.9 cm³/mol. The van der Waals surface area contributed by atoms with Gasteiger partial charge in [0, 0.05) is 12.1 Å². The Kier molecular flexibility index (Phi) is 7.54. The molecule has 0 saturated heterocycles. The fourth-order valence-corrected chi connectivity index (χ4v) is 2.57. The van der Waals surface area contributed by atoms with Crippen LogP contribution in [-0.4, -0.2) is 19.6 Å². The number of benzene rings is 1. The quantitative estimate of drug-likeness (QED) is 0.769. The van der Waals surface area contributed by atoms with Gasteiger partial charge in [-0.1, -0.05) is 25.4 Å². The molecule has 0 aliphatic heterocycles. The van der Waals surface area contributed by atoms with Crippen LogP contribution < -0.4 is 15.8 Å². The highest BCUT2D eigenvalue weighted by molar-refractivity contribution is 6.32. The number of nitrogens with two attached hydrogens (primary N) is 1. The van der Waals surface area contributed by atoms with Crippen LogP contribution in [0.5, 0.6) is 5.75 Å². The molecule has 21 heavy (non-hydrogen) atoms. The van der Waals surface area contributed by atoms with E-state index in [2.05, 4.69) is 19.2 Å². The Morgan fingerprint density at radius 1 is 1.38 bits per heavy atom. The number of ether oxygens (including phenoxy) is 1. The second-order valence-corrected chi connectivity index (χ2v) is 5.92. The third-order valence-electron chi connectivity index (χ3n) is 3.66. The van der Waals surface area contributed by atoms with Gasteiger partial charge >= 0.3 is 0 Å². The molecule has 0 saturated carbocycles. The molecule has 118 valence electrons. The number of carbonyl (C=O) groups is 1. The van der Waals surface area contributed by atoms with E-state index in [9.17, 15) is 4.79 Å². The molecular formula is C16H25ClN2O2. The number of rotatable bonds is 8. The standard InChI is InChI=1S/C16H25ClN2O2/c1-11(2)12(8-9-18)4-7-16(20)19-13-5-6-15(21-3)14(17)10-13/h5-6,10-12H,4,7-9,18H2,1-3H3,(H,19,20). The van der Waals surface area contributed by atoms with E-state index in [0.29, 0.717) is 41.3 Å². The van der Waals surface area contributed by atoms with Crippen molar-refractivity contribution in [1.82, 2.24) is 0 Å². The van der Waals surface area contributed by atoms with Gasteiger partial charge in [-0.3, -0.25) is 4.79 Å². The summed E-state index contributed by atoms with van der Waals surface area (Å²) >= 11 is 6.03. The molecule has 0 spiro atoms. The Balaban J connectivity index is 2.51. The van der Waals surface area contributed by atoms with E-state index in [4.69, 9.17) is 22.1 Å². The fraction of sp³-hybridized carbons (Fsp3) is 0.562. The Morgan fingerprint density at radius 2 is 2.10 bits per heavy atom. The number of nitrogens with one attached hydrogen (secondary N) is 1. The molecule has 1 aromatic carbocycles. The van der Waals surface area contributed by atoms with Crippen molar-refractivity contribution >= 4 is 23.2 Å². The lowest BCUT2D eigenvalue weighted by Crippen LogP contribution is -2.18. The second-order valence-electron chi connectivity index (χ2n) is 5.52. The Morgan fingerprint density at radius 3 is 2.62 bits per heavy atom. The van der Waals surface area contributed by atoms with E-state index in [-0.39, 0.29) is 5.91 Å². The lowest BCUT2D eigenvalue weighted by atomic mass is 9.88. The maximum atomic E-state index is 12.0. The van der Waals surface area contributed by atoms with Crippen LogP contribution in [0.4, 0.5) is 5.69 Å². The lowest BCUT2D eigenvalue weighted by molar-refractivity contribution is -0.116. The van der Waals surface area contributed by atoms with Gasteiger partial charge < -0.3 is 15.8 Å². The van der Waals surface area contributed by atoms with Crippen molar-refractivity contribution in [2.45, 2.75) is 33.1 Å². The molecule has 0 fully saturated rings. The Hall–Kier alpha value is -1.26. The predicted octanol–water partition coefficient (Wildman–Crippen LogP) is 3.69. The average Bonchev–Trinajstić information content (AvgIpc) is 2.43. The van der Waals surface area contributed by atoms with E-state index in [1.54, 1.807) is 25.3 Å². The molecule has 0 aromatic heterocycles. The summed E-state index contributed by atoms with van der Waals surface area (Å²) < 4.78 is 5.08. The maximum Gasteiger partial charge on any atom is 0.224 e. The minimum Gasteiger partial charge on any atom is -0.495 e. The molecule has 1 rings (SSSR count). The van der Waals surface area contributed by atoms with Crippen LogP contribution in [0.1, 0.15) is 33.1 Å². The minimum absolute atomic E-state index is 0.00101. The highest BCUT2D eigenvalue weighted by atomic mass is 35.5. The van der Waals surface area contributed by atoms with Gasteiger partial charge in [0.1, 0.15) is 5.75 Å². The molecule has 0 heterocycles. The van der Waals surface area contributed by atoms with Crippen LogP contribution in [0.15, 0.2) is 18.2 Å². The second kappa shape index (κ2) is 8.90. The summed E-state index contributed by atoms with van der Waals surface area (Å²) in [4.78, 5) is 12.0. The molecule has 1 aromatic rings. The number of hydrogen-bond donors (Lipinski definition) is 2. The molecule has 0 bridgehead atoms. The SMILES string of the molecule is COc1ccc(NC(=O)CCC(CCN)C(C)C)cc1Cl. The van der Waals surface area contributed by atoms with E-state index >= 15 is 0 Å². The molecule has 1 unspecified atom stereocenters. The van der Waals surface area contributed by atoms with Gasteiger partial charge in [0.25, 0.3) is 0 Å². The van der Waals surface area contributed by atoms with Gasteiger partial charge in [0.05, 0.1) is 12.1 Å². The van der Waals surface area contributed by atoms with Gasteiger partial charge in [0.15, 0.2) is 0 Å². The summed E-state index contributed by atoms with van der Waals surface area (Å²) in [6.45, 7) is 5.00. The van der Waals surface area contributed by atoms with Gasteiger partial charge in [-0.2, -0.15) is 0 Å². The summed E-state index contributed by atoms with van der Waals surface area (Å²) in [6, 6.07) is 5.21. The number of hydrogen-bond acceptors (Lipinski definition) is 3. The Labute approximate surface area is 132 Å². The van der Waals surface area contributed by atoms with Crippen molar-refractivity contribution in [3.63, 3.8) is 0 Å². The summed E-state index contributed by atoms with van der Waals surface area (Å²) in [6.07, 6.45) is 2.30. The molecule has 4 nitrogen and oxygen atoms in total. The highest BCUT2D eigenvalue weighted by Gasteiger charge is 2.14. The fourth-order valence-electron chi connectivity index (χ4n) is 2.31. The van der Waals surface area contributed by atoms with Gasteiger partial charge in [-0.05, 0) is 49.4 Å². The van der Waals surface area contributed by atoms with Crippen molar-refractivity contribution < 1.29 is 9.53 Å². The van der Waals surface area contributed by atoms with Gasteiger partial charge in [-0.25, -0.2) is 0 Å². The van der Waals surface area contributed by atoms with Crippen molar-refractivity contribution in [3.05, 3.63) is 23.2 Å². The summed E-state index contributed by atoms with van der Waals surface area (Å²) in [5, 5.41) is 3.34. The monoisotopic (exact) mass is 312 g/mol. The minimum atomic E-state index is -0.00101. The molecule has 0 aliphatic carbocycles. The summed E-state index contributed by atoms with van der Waals surface area (Å²) in [5.41, 5.74) is 6.30. The first kappa shape index (κ1) is 17.8. The van der Waals surface area contributed by atoms with Crippen LogP contribution in [-0.2, 0) is 4.79 Å². The topological polar surface area (TPSA) is 64.3 Å². The van der Waals surface area contributed by atoms with Crippen molar-refractivity contribution in [2.24, 2.45) is 17.6 Å². The maximum absolute atomic E-state index is 12.0. The summed E-state index contributed by atoms with van der Waals surface area (Å²) in [7, 11) is 1.56. The van der Waals surface area contributed by atoms with E-state index in [0.717, 1.165) is 12.8 Å². The zero-order chi connectivity index (χ0) is 15.8. The molecule has 1 atom stereocenters. The summed E-state index contributed by atoms with van der Waals surface area (Å²) in [5.74, 6) is 1.62. The smallest absolute Gasteiger partial charge is 0.224 e. The van der Waals surface area contributed by atoms with Gasteiger partial charge in [-0.15, -0.1) is 0 Å². The van der Waals surface area contributed by atoms with Gasteiger partial charge in [0.2, 0.25) is 5.91 Å². The van der Waals surface area contributed by atoms with Crippen molar-refractivity contribution in [2.75, 3.05) is 19.0 Å². The molecular weight excluding hydrogens is 288 g/mol. The van der Waals surface area contributed by atoms with Crippen LogP contribution >= 0.6 is 11.6 Å². The number of amides is 1. The first-order chi connectivity index (χ1) is 9.97. The molecule has 0 radical (unpaired) electrons. The van der Waals surface area contributed by atoms with Crippen LogP contribution in [0.25, 0.3) is 0 Å². The Bertz CT molecular complexity index is 464. The molecule has 0 aliphatic rings. The lowest BCUT2D eigenvalue weighted by Gasteiger charge is -2.19. The number of halogens is 1. The first-order valence-corrected chi connectivity index (χ1v) is 7.69. The molecule has 1 amide bonds. The first-order valence-electron chi connectivity index (χ1n) is 7.31. The van der Waals surface area contributed by atoms with E-state index in [1.165, 1.54) is 0 Å². The average molecular weight is 313 g/mol. The number of anilines is 1.